The number of hydrogen-bond donors (Lipinski definition) is 2. The Bertz CT molecular complexity index is 1210. The van der Waals surface area contributed by atoms with Gasteiger partial charge in [-0.25, -0.2) is 0 Å². The average molecular weight is 431 g/mol. The van der Waals surface area contributed by atoms with Gasteiger partial charge in [-0.05, 0) is 50.6 Å². The number of nitrogens with one attached hydrogen (secondary N) is 2. The van der Waals surface area contributed by atoms with Crippen LogP contribution in [0, 0.1) is 13.8 Å². The molecule has 0 saturated heterocycles. The number of amides is 1. The summed E-state index contributed by atoms with van der Waals surface area (Å²) in [5.74, 6) is 0.545. The molecular formula is C24H26N6O2. The van der Waals surface area contributed by atoms with E-state index in [-0.39, 0.29) is 11.9 Å². The number of benzene rings is 1. The molecule has 1 atom stereocenters. The summed E-state index contributed by atoms with van der Waals surface area (Å²) in [7, 11) is 1.89. The molecule has 1 unspecified atom stereocenters. The highest BCUT2D eigenvalue weighted by atomic mass is 16.5. The van der Waals surface area contributed by atoms with Gasteiger partial charge in [0.1, 0.15) is 18.1 Å². The average Bonchev–Trinajstić information content (AvgIpc) is 3.37. The number of H-pyrrole nitrogens is 1. The number of aromatic amines is 1. The van der Waals surface area contributed by atoms with Gasteiger partial charge in [0.25, 0.3) is 5.91 Å². The van der Waals surface area contributed by atoms with Crippen LogP contribution in [0.1, 0.15) is 46.0 Å². The lowest BCUT2D eigenvalue weighted by atomic mass is 10.1. The second-order valence-electron chi connectivity index (χ2n) is 7.75. The number of ether oxygens (including phenoxy) is 1. The molecule has 0 spiro atoms. The minimum Gasteiger partial charge on any atom is -0.489 e. The first-order valence-corrected chi connectivity index (χ1v) is 10.4. The summed E-state index contributed by atoms with van der Waals surface area (Å²) in [6.45, 7) is 6.31. The molecule has 0 fully saturated rings. The van der Waals surface area contributed by atoms with Crippen molar-refractivity contribution in [1.82, 2.24) is 30.3 Å². The van der Waals surface area contributed by atoms with E-state index in [0.717, 1.165) is 33.8 Å². The maximum atomic E-state index is 12.7. The summed E-state index contributed by atoms with van der Waals surface area (Å²) in [4.78, 5) is 16.8. The van der Waals surface area contributed by atoms with Crippen molar-refractivity contribution < 1.29 is 9.53 Å². The monoisotopic (exact) mass is 430 g/mol. The zero-order valence-electron chi connectivity index (χ0n) is 18.6. The fraction of sp³-hybridized carbons (Fsp3) is 0.250. The summed E-state index contributed by atoms with van der Waals surface area (Å²) < 4.78 is 7.61. The van der Waals surface area contributed by atoms with E-state index in [9.17, 15) is 4.79 Å². The molecule has 164 valence electrons. The molecule has 32 heavy (non-hydrogen) atoms. The number of aromatic nitrogens is 5. The minimum atomic E-state index is -0.215. The minimum absolute atomic E-state index is 0.177. The zero-order chi connectivity index (χ0) is 22.7. The molecule has 2 N–H and O–H groups in total. The molecule has 1 amide bonds. The number of nitrogens with zero attached hydrogens (tertiary/aromatic N) is 4. The van der Waals surface area contributed by atoms with E-state index in [1.807, 2.05) is 68.9 Å². The lowest BCUT2D eigenvalue weighted by molar-refractivity contribution is 0.0935. The van der Waals surface area contributed by atoms with Gasteiger partial charge < -0.3 is 10.1 Å². The van der Waals surface area contributed by atoms with E-state index in [2.05, 4.69) is 25.6 Å². The van der Waals surface area contributed by atoms with Crippen molar-refractivity contribution in [3.63, 3.8) is 0 Å². The van der Waals surface area contributed by atoms with Crippen LogP contribution in [0.2, 0.25) is 0 Å². The van der Waals surface area contributed by atoms with Crippen molar-refractivity contribution in [3.05, 3.63) is 83.1 Å². The normalized spacial score (nSPS) is 11.9. The highest BCUT2D eigenvalue weighted by molar-refractivity contribution is 5.93. The van der Waals surface area contributed by atoms with Crippen LogP contribution in [0.4, 0.5) is 0 Å². The predicted octanol–water partition coefficient (Wildman–Crippen LogP) is 3.89. The van der Waals surface area contributed by atoms with Gasteiger partial charge in [0.05, 0.1) is 17.4 Å². The third-order valence-corrected chi connectivity index (χ3v) is 5.44. The lowest BCUT2D eigenvalue weighted by Crippen LogP contribution is -2.26. The Hall–Kier alpha value is -3.94. The molecule has 8 heteroatoms. The largest absolute Gasteiger partial charge is 0.489 e. The van der Waals surface area contributed by atoms with Gasteiger partial charge >= 0.3 is 0 Å². The first-order valence-electron chi connectivity index (χ1n) is 10.4. The maximum absolute atomic E-state index is 12.7. The Kier molecular flexibility index (Phi) is 6.02. The molecule has 8 nitrogen and oxygen atoms in total. The lowest BCUT2D eigenvalue weighted by Gasteiger charge is -2.14. The van der Waals surface area contributed by atoms with Gasteiger partial charge in [0.15, 0.2) is 0 Å². The van der Waals surface area contributed by atoms with Crippen molar-refractivity contribution >= 4 is 5.91 Å². The molecule has 0 bridgehead atoms. The van der Waals surface area contributed by atoms with E-state index < -0.39 is 0 Å². The molecule has 0 aliphatic carbocycles. The van der Waals surface area contributed by atoms with E-state index >= 15 is 0 Å². The third-order valence-electron chi connectivity index (χ3n) is 5.44. The quantitative estimate of drug-likeness (QED) is 0.464. The van der Waals surface area contributed by atoms with Gasteiger partial charge in [0, 0.05) is 36.3 Å². The second kappa shape index (κ2) is 9.05. The molecule has 4 aromatic rings. The number of hydrogen-bond acceptors (Lipinski definition) is 5. The number of aryl methyl sites for hydroxylation is 2. The molecule has 3 aromatic heterocycles. The van der Waals surface area contributed by atoms with Crippen molar-refractivity contribution in [1.29, 1.82) is 0 Å². The molecular weight excluding hydrogens is 404 g/mol. The number of carbonyl (C=O) groups is 1. The van der Waals surface area contributed by atoms with E-state index in [1.54, 1.807) is 18.5 Å². The van der Waals surface area contributed by atoms with Crippen LogP contribution in [0.25, 0.3) is 11.3 Å². The molecule has 0 radical (unpaired) electrons. The molecule has 4 rings (SSSR count). The SMILES string of the molecule is Cc1nn(C)c(C)c1-c1cc(C(=O)NC(C)c2ccc(OCc3cccnc3)cc2)[nH]n1. The Morgan fingerprint density at radius 1 is 1.22 bits per heavy atom. The fourth-order valence-electron chi connectivity index (χ4n) is 3.57. The molecule has 3 heterocycles. The van der Waals surface area contributed by atoms with E-state index in [4.69, 9.17) is 4.74 Å². The van der Waals surface area contributed by atoms with Gasteiger partial charge in [-0.15, -0.1) is 0 Å². The van der Waals surface area contributed by atoms with E-state index in [0.29, 0.717) is 18.0 Å². The van der Waals surface area contributed by atoms with E-state index in [1.165, 1.54) is 0 Å². The number of pyridine rings is 1. The first kappa shape index (κ1) is 21.3. The third kappa shape index (κ3) is 4.54. The van der Waals surface area contributed by atoms with Crippen molar-refractivity contribution in [2.24, 2.45) is 7.05 Å². The van der Waals surface area contributed by atoms with Crippen LogP contribution in [0.3, 0.4) is 0 Å². The summed E-state index contributed by atoms with van der Waals surface area (Å²) in [5.41, 5.74) is 5.92. The standard InChI is InChI=1S/C24H26N6O2/c1-15(19-7-9-20(10-8-19)32-14-18-6-5-11-25-13-18)26-24(31)22-12-21(27-28-22)23-16(2)29-30(4)17(23)3/h5-13,15H,14H2,1-4H3,(H,26,31)(H,27,28). The van der Waals surface area contributed by atoms with Gasteiger partial charge in [-0.2, -0.15) is 10.2 Å². The highest BCUT2D eigenvalue weighted by Gasteiger charge is 2.18. The molecule has 0 aliphatic rings. The van der Waals surface area contributed by atoms with Crippen LogP contribution in [-0.4, -0.2) is 30.9 Å². The highest BCUT2D eigenvalue weighted by Crippen LogP contribution is 2.25. The van der Waals surface area contributed by atoms with Crippen molar-refractivity contribution in [3.8, 4) is 17.0 Å². The Balaban J connectivity index is 1.38. The number of carbonyl (C=O) groups excluding carboxylic acids is 1. The smallest absolute Gasteiger partial charge is 0.269 e. The van der Waals surface area contributed by atoms with Crippen molar-refractivity contribution in [2.75, 3.05) is 0 Å². The zero-order valence-corrected chi connectivity index (χ0v) is 18.6. The maximum Gasteiger partial charge on any atom is 0.269 e. The van der Waals surface area contributed by atoms with Crippen LogP contribution >= 0.6 is 0 Å². The molecule has 0 saturated carbocycles. The number of rotatable bonds is 7. The summed E-state index contributed by atoms with van der Waals surface area (Å²) in [6.07, 6.45) is 3.52. The van der Waals surface area contributed by atoms with Gasteiger partial charge in [0.2, 0.25) is 0 Å². The van der Waals surface area contributed by atoms with Gasteiger partial charge in [-0.3, -0.25) is 19.6 Å². The Morgan fingerprint density at radius 3 is 2.66 bits per heavy atom. The van der Waals surface area contributed by atoms with Crippen LogP contribution in [-0.2, 0) is 13.7 Å². The first-order chi connectivity index (χ1) is 15.4. The molecule has 0 aliphatic heterocycles. The summed E-state index contributed by atoms with van der Waals surface area (Å²) in [6, 6.07) is 13.1. The van der Waals surface area contributed by atoms with Crippen LogP contribution in [0.15, 0.2) is 54.9 Å². The van der Waals surface area contributed by atoms with Crippen LogP contribution < -0.4 is 10.1 Å². The molecule has 1 aromatic carbocycles. The predicted molar refractivity (Wildman–Crippen MR) is 121 cm³/mol. The fourth-order valence-corrected chi connectivity index (χ4v) is 3.57. The topological polar surface area (TPSA) is 97.7 Å². The Labute approximate surface area is 186 Å². The van der Waals surface area contributed by atoms with Gasteiger partial charge in [-0.1, -0.05) is 18.2 Å². The Morgan fingerprint density at radius 2 is 2.00 bits per heavy atom. The van der Waals surface area contributed by atoms with Crippen LogP contribution in [0.5, 0.6) is 5.75 Å². The summed E-state index contributed by atoms with van der Waals surface area (Å²) in [5, 5.41) is 14.6. The summed E-state index contributed by atoms with van der Waals surface area (Å²) >= 11 is 0. The second-order valence-corrected chi connectivity index (χ2v) is 7.75. The van der Waals surface area contributed by atoms with Crippen molar-refractivity contribution in [2.45, 2.75) is 33.4 Å².